The number of esters is 4. The van der Waals surface area contributed by atoms with Crippen molar-refractivity contribution in [2.75, 3.05) is 39.6 Å². The number of ether oxygens (including phenoxy) is 4. The average molecular weight is 1480 g/mol. The number of unbranched alkanes of at least 4 members (excludes halogenated alkanes) is 57. The van der Waals surface area contributed by atoms with E-state index >= 15 is 0 Å². The van der Waals surface area contributed by atoms with Crippen molar-refractivity contribution >= 4 is 39.5 Å². The molecule has 0 bridgehead atoms. The molecular formula is C82H160O17P2. The van der Waals surface area contributed by atoms with Crippen LogP contribution in [0.15, 0.2) is 0 Å². The molecule has 0 saturated carbocycles. The lowest BCUT2D eigenvalue weighted by molar-refractivity contribution is -0.161. The van der Waals surface area contributed by atoms with Gasteiger partial charge in [-0.3, -0.25) is 37.3 Å². The van der Waals surface area contributed by atoms with Crippen molar-refractivity contribution in [3.63, 3.8) is 0 Å². The van der Waals surface area contributed by atoms with E-state index in [1.54, 1.807) is 0 Å². The minimum atomic E-state index is -4.96. The average Bonchev–Trinajstić information content (AvgIpc) is 0.969. The Kier molecular flexibility index (Phi) is 74.8. The minimum Gasteiger partial charge on any atom is -0.462 e. The third-order valence-electron chi connectivity index (χ3n) is 19.4. The molecule has 0 aliphatic heterocycles. The molecule has 19 heteroatoms. The van der Waals surface area contributed by atoms with Crippen LogP contribution in [0.1, 0.15) is 445 Å². The van der Waals surface area contributed by atoms with E-state index in [1.807, 2.05) is 0 Å². The summed E-state index contributed by atoms with van der Waals surface area (Å²) in [5.74, 6) is -2.11. The number of hydrogen-bond donors (Lipinski definition) is 3. The fraction of sp³-hybridized carbons (Fsp3) is 0.951. The Morgan fingerprint density at radius 3 is 0.584 bits per heavy atom. The zero-order valence-corrected chi connectivity index (χ0v) is 67.7. The van der Waals surface area contributed by atoms with Crippen LogP contribution < -0.4 is 0 Å². The molecule has 0 amide bonds. The molecule has 0 aromatic heterocycles. The Morgan fingerprint density at radius 1 is 0.238 bits per heavy atom. The SMILES string of the molecule is CCCCCCCCCCCCCCCCCCCCCCCCC(=O)O[C@H](COC(=O)CCCCCCCCCCCCCCCCCCC)COP(=O)(O)OC[C@@H](O)COP(=O)(O)OC[C@@H](COC(=O)CCCCCCCCC)OC(=O)CCCCCCCCCCCCCCCCC. The number of phosphoric acid groups is 2. The number of aliphatic hydroxyl groups excluding tert-OH is 1. The summed E-state index contributed by atoms with van der Waals surface area (Å²) in [5.41, 5.74) is 0. The first-order chi connectivity index (χ1) is 49.2. The van der Waals surface area contributed by atoms with Gasteiger partial charge in [0.05, 0.1) is 26.4 Å². The summed E-state index contributed by atoms with van der Waals surface area (Å²) in [6.07, 6.45) is 69.6. The Labute approximate surface area is 619 Å². The normalized spacial score (nSPS) is 13.8. The van der Waals surface area contributed by atoms with E-state index in [4.69, 9.17) is 37.0 Å². The summed E-state index contributed by atoms with van der Waals surface area (Å²) >= 11 is 0. The zero-order valence-electron chi connectivity index (χ0n) is 65.9. The summed E-state index contributed by atoms with van der Waals surface area (Å²) in [6.45, 7) is 4.99. The quantitative estimate of drug-likeness (QED) is 0.0222. The molecule has 17 nitrogen and oxygen atoms in total. The first kappa shape index (κ1) is 99.1. The van der Waals surface area contributed by atoms with Gasteiger partial charge in [0.2, 0.25) is 0 Å². The number of phosphoric ester groups is 2. The van der Waals surface area contributed by atoms with Crippen LogP contribution >= 0.6 is 15.6 Å². The highest BCUT2D eigenvalue weighted by Gasteiger charge is 2.30. The van der Waals surface area contributed by atoms with Gasteiger partial charge < -0.3 is 33.8 Å². The molecule has 0 aromatic rings. The molecular weight excluding hydrogens is 1320 g/mol. The fourth-order valence-electron chi connectivity index (χ4n) is 12.8. The van der Waals surface area contributed by atoms with E-state index in [1.165, 1.54) is 263 Å². The van der Waals surface area contributed by atoms with Crippen LogP contribution in [0.5, 0.6) is 0 Å². The lowest BCUT2D eigenvalue weighted by atomic mass is 10.0. The highest BCUT2D eigenvalue weighted by molar-refractivity contribution is 7.47. The van der Waals surface area contributed by atoms with Crippen molar-refractivity contribution in [1.82, 2.24) is 0 Å². The van der Waals surface area contributed by atoms with Gasteiger partial charge in [-0.1, -0.05) is 394 Å². The molecule has 0 fully saturated rings. The van der Waals surface area contributed by atoms with Crippen molar-refractivity contribution in [2.45, 2.75) is 463 Å². The second kappa shape index (κ2) is 76.3. The van der Waals surface area contributed by atoms with Gasteiger partial charge in [-0.05, 0) is 25.7 Å². The number of carbonyl (C=O) groups excluding carboxylic acids is 4. The van der Waals surface area contributed by atoms with Gasteiger partial charge in [-0.15, -0.1) is 0 Å². The number of carbonyl (C=O) groups is 4. The molecule has 0 radical (unpaired) electrons. The molecule has 0 aromatic carbocycles. The number of aliphatic hydroxyl groups is 1. The van der Waals surface area contributed by atoms with Crippen molar-refractivity contribution < 1.29 is 80.2 Å². The predicted molar refractivity (Wildman–Crippen MR) is 414 cm³/mol. The van der Waals surface area contributed by atoms with Crippen LogP contribution in [0, 0.1) is 0 Å². The van der Waals surface area contributed by atoms with Crippen molar-refractivity contribution in [3.05, 3.63) is 0 Å². The van der Waals surface area contributed by atoms with Crippen LogP contribution in [0.25, 0.3) is 0 Å². The maximum absolute atomic E-state index is 13.1. The monoisotopic (exact) mass is 1480 g/mol. The summed E-state index contributed by atoms with van der Waals surface area (Å²) in [4.78, 5) is 72.9. The largest absolute Gasteiger partial charge is 0.472 e. The van der Waals surface area contributed by atoms with E-state index in [9.17, 15) is 43.2 Å². The molecule has 0 aliphatic carbocycles. The van der Waals surface area contributed by atoms with E-state index in [0.717, 1.165) is 103 Å². The van der Waals surface area contributed by atoms with Gasteiger partial charge in [-0.2, -0.15) is 0 Å². The Morgan fingerprint density at radius 2 is 0.396 bits per heavy atom. The fourth-order valence-corrected chi connectivity index (χ4v) is 14.4. The van der Waals surface area contributed by atoms with Gasteiger partial charge in [0.15, 0.2) is 12.2 Å². The standard InChI is InChI=1S/C82H160O17P2/c1-5-9-13-17-21-24-27-30-33-35-36-37-38-39-41-44-47-50-53-57-61-65-69-82(87)99-78(73-93-80(85)67-63-59-55-51-48-45-43-40-34-31-28-25-22-18-14-10-6-2)75-97-101(90,91)95-71-76(83)70-94-100(88,89)96-74-77(72-92-79(84)66-62-58-54-20-16-12-8-4)98-81(86)68-64-60-56-52-49-46-42-32-29-26-23-19-15-11-7-3/h76-78,83H,5-75H2,1-4H3,(H,88,89)(H,90,91)/t76-,77+,78+/m0/s1. The van der Waals surface area contributed by atoms with E-state index < -0.39 is 97.5 Å². The first-order valence-corrected chi connectivity index (χ1v) is 45.8. The Bertz CT molecular complexity index is 1910. The number of rotatable bonds is 83. The molecule has 2 unspecified atom stereocenters. The van der Waals surface area contributed by atoms with E-state index in [-0.39, 0.29) is 25.7 Å². The highest BCUT2D eigenvalue weighted by Crippen LogP contribution is 2.45. The summed E-state index contributed by atoms with van der Waals surface area (Å²) in [5, 5.41) is 10.6. The minimum absolute atomic E-state index is 0.108. The van der Waals surface area contributed by atoms with Crippen molar-refractivity contribution in [2.24, 2.45) is 0 Å². The van der Waals surface area contributed by atoms with Crippen molar-refractivity contribution in [1.29, 1.82) is 0 Å². The van der Waals surface area contributed by atoms with Gasteiger partial charge in [-0.25, -0.2) is 9.13 Å². The lowest BCUT2D eigenvalue weighted by Gasteiger charge is -2.21. The molecule has 0 spiro atoms. The van der Waals surface area contributed by atoms with Gasteiger partial charge in [0.1, 0.15) is 19.3 Å². The molecule has 600 valence electrons. The topological polar surface area (TPSA) is 237 Å². The van der Waals surface area contributed by atoms with E-state index in [0.29, 0.717) is 25.7 Å². The summed E-state index contributed by atoms with van der Waals surface area (Å²) < 4.78 is 68.6. The molecule has 0 rings (SSSR count). The van der Waals surface area contributed by atoms with Crippen LogP contribution in [0.4, 0.5) is 0 Å². The molecule has 3 N–H and O–H groups in total. The second-order valence-corrected chi connectivity index (χ2v) is 32.4. The zero-order chi connectivity index (χ0) is 73.9. The third kappa shape index (κ3) is 76.1. The highest BCUT2D eigenvalue weighted by atomic mass is 31.2. The maximum Gasteiger partial charge on any atom is 0.472 e. The van der Waals surface area contributed by atoms with Gasteiger partial charge in [0, 0.05) is 25.7 Å². The summed E-state index contributed by atoms with van der Waals surface area (Å²) in [7, 11) is -9.91. The third-order valence-corrected chi connectivity index (χ3v) is 21.3. The van der Waals surface area contributed by atoms with E-state index in [2.05, 4.69) is 27.7 Å². The maximum atomic E-state index is 13.1. The molecule has 101 heavy (non-hydrogen) atoms. The van der Waals surface area contributed by atoms with Crippen LogP contribution in [-0.2, 0) is 65.4 Å². The Balaban J connectivity index is 5.15. The van der Waals surface area contributed by atoms with Gasteiger partial charge in [0.25, 0.3) is 0 Å². The smallest absolute Gasteiger partial charge is 0.462 e. The molecule has 0 aliphatic rings. The lowest BCUT2D eigenvalue weighted by Crippen LogP contribution is -2.30. The van der Waals surface area contributed by atoms with Crippen LogP contribution in [0.2, 0.25) is 0 Å². The van der Waals surface area contributed by atoms with Gasteiger partial charge >= 0.3 is 39.5 Å². The first-order valence-electron chi connectivity index (χ1n) is 42.8. The van der Waals surface area contributed by atoms with Crippen LogP contribution in [0.3, 0.4) is 0 Å². The summed E-state index contributed by atoms with van der Waals surface area (Å²) in [6, 6.07) is 0. The molecule has 0 heterocycles. The Hall–Kier alpha value is -1.94. The predicted octanol–water partition coefficient (Wildman–Crippen LogP) is 25.0. The molecule has 0 saturated heterocycles. The van der Waals surface area contributed by atoms with Crippen LogP contribution in [-0.4, -0.2) is 96.7 Å². The van der Waals surface area contributed by atoms with Crippen molar-refractivity contribution in [3.8, 4) is 0 Å². The molecule has 5 atom stereocenters. The number of hydrogen-bond acceptors (Lipinski definition) is 15. The second-order valence-electron chi connectivity index (χ2n) is 29.5.